The van der Waals surface area contributed by atoms with Gasteiger partial charge in [-0.25, -0.2) is 9.79 Å². The van der Waals surface area contributed by atoms with Gasteiger partial charge in [-0.3, -0.25) is 0 Å². The molecule has 0 amide bonds. The van der Waals surface area contributed by atoms with E-state index >= 15 is 0 Å². The van der Waals surface area contributed by atoms with E-state index in [2.05, 4.69) is 18.8 Å². The number of nitrogens with zero attached hydrogens (tertiary/aromatic N) is 2. The fourth-order valence-electron chi connectivity index (χ4n) is 4.38. The standard InChI is InChI=1S/C21H22ClN3O3/c1-21(2)9-13-16(14(26)10-21)15(11-5-7-12(22)8-6-11)17-18(23-13)24(3)20(28)25(4)19(17)27/h5-8,15H,9-10H2,1-4H3,(H,23,26,27)/p+2. The largest absolute Gasteiger partial charge is 0.519 e. The molecule has 0 fully saturated rings. The van der Waals surface area contributed by atoms with Gasteiger partial charge in [0, 0.05) is 17.9 Å². The molecule has 0 bridgehead atoms. The van der Waals surface area contributed by atoms with Gasteiger partial charge in [0.1, 0.15) is 25.6 Å². The van der Waals surface area contributed by atoms with Crippen LogP contribution in [0.25, 0.3) is 0 Å². The number of aromatic hydroxyl groups is 1. The van der Waals surface area contributed by atoms with Gasteiger partial charge in [-0.1, -0.05) is 37.6 Å². The third-order valence-corrected chi connectivity index (χ3v) is 5.96. The Balaban J connectivity index is 2.10. The zero-order valence-electron chi connectivity index (χ0n) is 16.4. The van der Waals surface area contributed by atoms with Crippen molar-refractivity contribution in [2.75, 3.05) is 0 Å². The average molecular weight is 402 g/mol. The Morgan fingerprint density at radius 1 is 1.21 bits per heavy atom. The first-order valence-corrected chi connectivity index (χ1v) is 9.61. The van der Waals surface area contributed by atoms with Gasteiger partial charge in [0.2, 0.25) is 0 Å². The molecule has 0 saturated heterocycles. The Morgan fingerprint density at radius 3 is 2.50 bits per heavy atom. The summed E-state index contributed by atoms with van der Waals surface area (Å²) in [6, 6.07) is 7.19. The number of benzene rings is 1. The SMILES string of the molecule is Cn1c(O)[n+](C)c2c(c1=O)C(c1ccc(Cl)cc1)C1=C(O)CC(C)(C)CC1=[NH+]2. The first-order valence-electron chi connectivity index (χ1n) is 9.23. The van der Waals surface area contributed by atoms with Gasteiger partial charge in [0.05, 0.1) is 11.5 Å². The van der Waals surface area contributed by atoms with E-state index in [0.29, 0.717) is 28.6 Å². The van der Waals surface area contributed by atoms with Crippen molar-refractivity contribution in [3.8, 4) is 6.01 Å². The summed E-state index contributed by atoms with van der Waals surface area (Å²) in [7, 11) is 3.25. The molecule has 1 aromatic carbocycles. The van der Waals surface area contributed by atoms with Crippen LogP contribution in [0.5, 0.6) is 6.01 Å². The molecule has 1 unspecified atom stereocenters. The van der Waals surface area contributed by atoms with E-state index in [9.17, 15) is 15.0 Å². The molecular formula is C21H24ClN3O3+2. The minimum absolute atomic E-state index is 0.113. The Labute approximate surface area is 168 Å². The second-order valence-corrected chi connectivity index (χ2v) is 8.89. The number of hydrogen-bond donors (Lipinski definition) is 3. The summed E-state index contributed by atoms with van der Waals surface area (Å²) < 4.78 is 2.79. The fraction of sp³-hybridized carbons (Fsp3) is 0.381. The van der Waals surface area contributed by atoms with E-state index in [1.54, 1.807) is 23.7 Å². The van der Waals surface area contributed by atoms with Gasteiger partial charge in [-0.15, -0.1) is 9.13 Å². The predicted molar refractivity (Wildman–Crippen MR) is 106 cm³/mol. The zero-order chi connectivity index (χ0) is 20.4. The number of aliphatic hydroxyl groups excluding tert-OH is 1. The minimum Gasteiger partial charge on any atom is -0.512 e. The Kier molecular flexibility index (Phi) is 4.16. The van der Waals surface area contributed by atoms with Crippen LogP contribution < -0.4 is 15.1 Å². The second-order valence-electron chi connectivity index (χ2n) is 8.45. The van der Waals surface area contributed by atoms with Gasteiger partial charge in [0.15, 0.2) is 5.56 Å². The molecule has 1 aromatic heterocycles. The summed E-state index contributed by atoms with van der Waals surface area (Å²) >= 11 is 6.07. The van der Waals surface area contributed by atoms with Crippen LogP contribution >= 0.6 is 11.6 Å². The first-order chi connectivity index (χ1) is 13.1. The maximum absolute atomic E-state index is 13.2. The van der Waals surface area contributed by atoms with Crippen molar-refractivity contribution < 1.29 is 19.8 Å². The summed E-state index contributed by atoms with van der Waals surface area (Å²) in [6.07, 6.45) is 1.27. The number of halogens is 1. The third-order valence-electron chi connectivity index (χ3n) is 5.71. The molecule has 3 N–H and O–H groups in total. The highest BCUT2D eigenvalue weighted by atomic mass is 35.5. The molecule has 2 aromatic rings. The lowest BCUT2D eigenvalue weighted by molar-refractivity contribution is -0.724. The van der Waals surface area contributed by atoms with Crippen LogP contribution in [0.15, 0.2) is 40.4 Å². The van der Waals surface area contributed by atoms with Crippen LogP contribution in [-0.4, -0.2) is 20.5 Å². The Hall–Kier alpha value is -2.60. The van der Waals surface area contributed by atoms with Crippen molar-refractivity contribution in [1.82, 2.24) is 4.57 Å². The fourth-order valence-corrected chi connectivity index (χ4v) is 4.50. The van der Waals surface area contributed by atoms with Crippen LogP contribution in [0.2, 0.25) is 5.02 Å². The summed E-state index contributed by atoms with van der Waals surface area (Å²) in [5.74, 6) is 0.400. The minimum atomic E-state index is -0.440. The number of nitrogens with one attached hydrogen (secondary N) is 1. The van der Waals surface area contributed by atoms with E-state index in [0.717, 1.165) is 23.3 Å². The maximum Gasteiger partial charge on any atom is 0.519 e. The van der Waals surface area contributed by atoms with E-state index in [1.807, 2.05) is 12.1 Å². The molecule has 1 aliphatic carbocycles. The average Bonchev–Trinajstić information content (AvgIpc) is 2.63. The van der Waals surface area contributed by atoms with Gasteiger partial charge in [-0.05, 0) is 23.1 Å². The molecule has 146 valence electrons. The summed E-state index contributed by atoms with van der Waals surface area (Å²) in [5, 5.41) is 22.0. The molecule has 2 aliphatic rings. The molecular weight excluding hydrogens is 378 g/mol. The molecule has 7 heteroatoms. The van der Waals surface area contributed by atoms with Crippen LogP contribution in [0.4, 0.5) is 5.82 Å². The predicted octanol–water partition coefficient (Wildman–Crippen LogP) is 1.50. The van der Waals surface area contributed by atoms with Gasteiger partial charge >= 0.3 is 17.4 Å². The van der Waals surface area contributed by atoms with E-state index in [4.69, 9.17) is 11.6 Å². The summed E-state index contributed by atoms with van der Waals surface area (Å²) in [5.41, 5.74) is 2.57. The molecule has 28 heavy (non-hydrogen) atoms. The lowest BCUT2D eigenvalue weighted by Crippen LogP contribution is -2.76. The smallest absolute Gasteiger partial charge is 0.512 e. The second kappa shape index (κ2) is 6.21. The molecule has 0 radical (unpaired) electrons. The molecule has 2 heterocycles. The van der Waals surface area contributed by atoms with Crippen molar-refractivity contribution in [3.63, 3.8) is 0 Å². The van der Waals surface area contributed by atoms with E-state index in [1.165, 1.54) is 11.6 Å². The van der Waals surface area contributed by atoms with Crippen molar-refractivity contribution in [2.24, 2.45) is 19.5 Å². The molecule has 0 spiro atoms. The normalized spacial score (nSPS) is 20.5. The first kappa shape index (κ1) is 18.7. The van der Waals surface area contributed by atoms with E-state index in [-0.39, 0.29) is 17.0 Å². The number of aliphatic hydroxyl groups is 1. The van der Waals surface area contributed by atoms with E-state index < -0.39 is 5.92 Å². The number of aromatic nitrogens is 2. The lowest BCUT2D eigenvalue weighted by atomic mass is 9.69. The summed E-state index contributed by atoms with van der Waals surface area (Å²) in [4.78, 5) is 16.5. The van der Waals surface area contributed by atoms with Crippen LogP contribution in [0.1, 0.15) is 43.7 Å². The van der Waals surface area contributed by atoms with Gasteiger partial charge in [0.25, 0.3) is 0 Å². The third kappa shape index (κ3) is 2.75. The van der Waals surface area contributed by atoms with Crippen molar-refractivity contribution in [2.45, 2.75) is 32.6 Å². The highest BCUT2D eigenvalue weighted by Gasteiger charge is 2.47. The quantitative estimate of drug-likeness (QED) is 0.633. The van der Waals surface area contributed by atoms with Crippen LogP contribution in [-0.2, 0) is 14.1 Å². The van der Waals surface area contributed by atoms with Crippen molar-refractivity contribution in [3.05, 3.63) is 62.1 Å². The Morgan fingerprint density at radius 2 is 1.86 bits per heavy atom. The monoisotopic (exact) mass is 401 g/mol. The highest BCUT2D eigenvalue weighted by Crippen LogP contribution is 2.44. The number of hydrogen-bond acceptors (Lipinski definition) is 3. The lowest BCUT2D eigenvalue weighted by Gasteiger charge is -2.34. The molecule has 1 atom stereocenters. The van der Waals surface area contributed by atoms with Crippen LogP contribution in [0, 0.1) is 5.41 Å². The molecule has 1 aliphatic heterocycles. The summed E-state index contributed by atoms with van der Waals surface area (Å²) in [6.45, 7) is 4.20. The van der Waals surface area contributed by atoms with Gasteiger partial charge < -0.3 is 10.2 Å². The van der Waals surface area contributed by atoms with Gasteiger partial charge in [-0.2, -0.15) is 0 Å². The number of allylic oxidation sites excluding steroid dienone is 2. The highest BCUT2D eigenvalue weighted by molar-refractivity contribution is 6.30. The Bertz CT molecular complexity index is 1110. The number of rotatable bonds is 1. The molecule has 4 rings (SSSR count). The molecule has 0 saturated carbocycles. The van der Waals surface area contributed by atoms with Crippen LogP contribution in [0.3, 0.4) is 0 Å². The number of fused-ring (bicyclic) bond motifs is 2. The van der Waals surface area contributed by atoms with Crippen molar-refractivity contribution in [1.29, 1.82) is 0 Å². The topological polar surface area (TPSA) is 80.3 Å². The van der Waals surface area contributed by atoms with Crippen molar-refractivity contribution >= 4 is 23.1 Å². The molecule has 6 nitrogen and oxygen atoms in total. The maximum atomic E-state index is 13.2. The zero-order valence-corrected chi connectivity index (χ0v) is 17.1.